The number of anilines is 1. The first-order chi connectivity index (χ1) is 19.5. The molecule has 0 bridgehead atoms. The SMILES string of the molecule is Cn1cc(C2=CN/C(=C(/C#N)C=N)C(c3ccc(N4CC5C(CNSc6c(F)cccc6Cl)C5C4)nc3)=C2)cn1. The fourth-order valence-electron chi connectivity index (χ4n) is 5.51. The van der Waals surface area contributed by atoms with E-state index in [0.717, 1.165) is 53.9 Å². The molecule has 1 aliphatic carbocycles. The molecule has 1 saturated heterocycles. The number of pyridine rings is 1. The van der Waals surface area contributed by atoms with Gasteiger partial charge in [0, 0.05) is 73.8 Å². The third-order valence-electron chi connectivity index (χ3n) is 7.68. The van der Waals surface area contributed by atoms with Gasteiger partial charge >= 0.3 is 0 Å². The summed E-state index contributed by atoms with van der Waals surface area (Å²) in [6.45, 7) is 2.68. The monoisotopic (exact) mass is 572 g/mol. The van der Waals surface area contributed by atoms with Gasteiger partial charge in [0.15, 0.2) is 0 Å². The number of aryl methyl sites for hydroxylation is 1. The van der Waals surface area contributed by atoms with Gasteiger partial charge in [-0.3, -0.25) is 9.40 Å². The summed E-state index contributed by atoms with van der Waals surface area (Å²) in [5, 5.41) is 25.2. The van der Waals surface area contributed by atoms with Gasteiger partial charge in [-0.2, -0.15) is 10.4 Å². The molecule has 0 radical (unpaired) electrons. The Hall–Kier alpha value is -3.91. The fraction of sp³-hybridized carbons (Fsp3) is 0.241. The number of nitrogens with one attached hydrogen (secondary N) is 3. The third kappa shape index (κ3) is 5.04. The Labute approximate surface area is 240 Å². The van der Waals surface area contributed by atoms with Gasteiger partial charge in [0.25, 0.3) is 0 Å². The maximum Gasteiger partial charge on any atom is 0.139 e. The van der Waals surface area contributed by atoms with E-state index in [1.54, 1.807) is 23.0 Å². The van der Waals surface area contributed by atoms with Gasteiger partial charge < -0.3 is 15.6 Å². The quantitative estimate of drug-likeness (QED) is 0.197. The number of allylic oxidation sites excluding steroid dienone is 4. The number of piperidine rings is 1. The lowest BCUT2D eigenvalue weighted by Gasteiger charge is -2.23. The number of hydrogen-bond donors (Lipinski definition) is 3. The fourth-order valence-corrected chi connectivity index (χ4v) is 6.54. The van der Waals surface area contributed by atoms with Crippen LogP contribution in [0.15, 0.2) is 77.4 Å². The lowest BCUT2D eigenvalue weighted by molar-refractivity contribution is 0.599. The molecule has 8 nitrogen and oxygen atoms in total. The smallest absolute Gasteiger partial charge is 0.139 e. The van der Waals surface area contributed by atoms with Gasteiger partial charge in [0.05, 0.1) is 27.4 Å². The molecule has 0 amide bonds. The normalized spacial score (nSPS) is 22.6. The van der Waals surface area contributed by atoms with Gasteiger partial charge in [-0.25, -0.2) is 9.37 Å². The summed E-state index contributed by atoms with van der Waals surface area (Å²) in [6, 6.07) is 10.9. The molecule has 202 valence electrons. The summed E-state index contributed by atoms with van der Waals surface area (Å²) >= 11 is 7.38. The van der Waals surface area contributed by atoms with Crippen molar-refractivity contribution in [3.8, 4) is 6.07 Å². The van der Waals surface area contributed by atoms with Crippen molar-refractivity contribution < 1.29 is 4.39 Å². The number of halogens is 2. The standard InChI is InChI=1S/C29H26ClFN8S/c1-38-14-20(12-36-38)18-7-21(28(35-11-18)19(8-32)9-33)17-5-6-27(34-10-17)39-15-23-22(24(23)16-39)13-37-40-29-25(30)3-2-4-26(29)31/h2-8,10-12,14,22-24,32,35,37H,13,15-16H2,1H3/b28-19+,32-8?. The molecule has 3 aromatic rings. The molecule has 2 atom stereocenters. The number of nitriles is 1. The number of benzene rings is 1. The van der Waals surface area contributed by atoms with Crippen LogP contribution in [0, 0.1) is 40.3 Å². The first-order valence-corrected chi connectivity index (χ1v) is 14.0. The van der Waals surface area contributed by atoms with Crippen LogP contribution in [-0.2, 0) is 7.05 Å². The maximum atomic E-state index is 14.0. The predicted octanol–water partition coefficient (Wildman–Crippen LogP) is 5.04. The summed E-state index contributed by atoms with van der Waals surface area (Å²) in [5.41, 5.74) is 4.33. The van der Waals surface area contributed by atoms with Crippen LogP contribution in [0.25, 0.3) is 11.1 Å². The second-order valence-corrected chi connectivity index (χ2v) is 11.4. The minimum absolute atomic E-state index is 0.242. The first kappa shape index (κ1) is 26.3. The van der Waals surface area contributed by atoms with Crippen molar-refractivity contribution in [2.45, 2.75) is 4.90 Å². The molecule has 3 N–H and O–H groups in total. The number of dihydropyridines is 1. The lowest BCUT2D eigenvalue weighted by atomic mass is 9.94. The van der Waals surface area contributed by atoms with Crippen LogP contribution in [0.4, 0.5) is 10.2 Å². The molecule has 2 aromatic heterocycles. The van der Waals surface area contributed by atoms with E-state index in [1.165, 1.54) is 18.0 Å². The van der Waals surface area contributed by atoms with Gasteiger partial charge in [-0.1, -0.05) is 17.7 Å². The zero-order valence-corrected chi connectivity index (χ0v) is 23.2. The van der Waals surface area contributed by atoms with Crippen LogP contribution in [0.3, 0.4) is 0 Å². The molecule has 1 saturated carbocycles. The molecular weight excluding hydrogens is 547 g/mol. The van der Waals surface area contributed by atoms with E-state index in [-0.39, 0.29) is 11.4 Å². The Kier molecular flexibility index (Phi) is 7.19. The molecule has 6 rings (SSSR count). The molecule has 11 heteroatoms. The van der Waals surface area contributed by atoms with Crippen LogP contribution in [0.5, 0.6) is 0 Å². The van der Waals surface area contributed by atoms with Crippen LogP contribution >= 0.6 is 23.5 Å². The second-order valence-electron chi connectivity index (χ2n) is 10.1. The highest BCUT2D eigenvalue weighted by molar-refractivity contribution is 7.97. The average Bonchev–Trinajstić information content (AvgIpc) is 3.27. The Morgan fingerprint density at radius 1 is 1.27 bits per heavy atom. The van der Waals surface area contributed by atoms with Crippen molar-refractivity contribution in [2.75, 3.05) is 24.5 Å². The highest BCUT2D eigenvalue weighted by Gasteiger charge is 2.55. The second kappa shape index (κ2) is 10.9. The van der Waals surface area contributed by atoms with Crippen LogP contribution in [0.2, 0.25) is 5.02 Å². The van der Waals surface area contributed by atoms with Crippen molar-refractivity contribution in [1.29, 1.82) is 10.7 Å². The van der Waals surface area contributed by atoms with Crippen LogP contribution in [0.1, 0.15) is 11.1 Å². The Balaban J connectivity index is 1.12. The molecule has 4 heterocycles. The number of aromatic nitrogens is 3. The number of rotatable bonds is 8. The molecular formula is C29H26ClFN8S. The summed E-state index contributed by atoms with van der Waals surface area (Å²) in [4.78, 5) is 7.51. The third-order valence-corrected chi connectivity index (χ3v) is 9.04. The zero-order chi connectivity index (χ0) is 27.8. The van der Waals surface area contributed by atoms with E-state index in [1.807, 2.05) is 43.9 Å². The molecule has 40 heavy (non-hydrogen) atoms. The van der Waals surface area contributed by atoms with E-state index >= 15 is 0 Å². The average molecular weight is 573 g/mol. The predicted molar refractivity (Wildman–Crippen MR) is 156 cm³/mol. The van der Waals surface area contributed by atoms with E-state index in [0.29, 0.717) is 33.4 Å². The highest BCUT2D eigenvalue weighted by Crippen LogP contribution is 2.52. The van der Waals surface area contributed by atoms with Gasteiger partial charge in [0.1, 0.15) is 17.7 Å². The number of nitrogens with zero attached hydrogens (tertiary/aromatic N) is 5. The molecule has 3 aliphatic rings. The molecule has 2 fully saturated rings. The van der Waals surface area contributed by atoms with Crippen molar-refractivity contribution >= 4 is 46.7 Å². The first-order valence-electron chi connectivity index (χ1n) is 12.8. The lowest BCUT2D eigenvalue weighted by Crippen LogP contribution is -2.27. The molecule has 2 unspecified atom stereocenters. The van der Waals surface area contributed by atoms with Crippen LogP contribution < -0.4 is 14.9 Å². The van der Waals surface area contributed by atoms with E-state index in [9.17, 15) is 9.65 Å². The Morgan fingerprint density at radius 3 is 2.75 bits per heavy atom. The topological polar surface area (TPSA) is 106 Å². The number of hydrogen-bond acceptors (Lipinski definition) is 8. The van der Waals surface area contributed by atoms with Gasteiger partial charge in [0.2, 0.25) is 0 Å². The van der Waals surface area contributed by atoms with E-state index in [4.69, 9.17) is 22.0 Å². The Bertz CT molecular complexity index is 1570. The highest BCUT2D eigenvalue weighted by atomic mass is 35.5. The van der Waals surface area contributed by atoms with Crippen molar-refractivity contribution in [3.63, 3.8) is 0 Å². The van der Waals surface area contributed by atoms with Gasteiger partial charge in [-0.05, 0) is 60.0 Å². The van der Waals surface area contributed by atoms with Crippen molar-refractivity contribution in [2.24, 2.45) is 24.8 Å². The minimum Gasteiger partial charge on any atom is -0.359 e. The van der Waals surface area contributed by atoms with E-state index < -0.39 is 0 Å². The minimum atomic E-state index is -0.310. The van der Waals surface area contributed by atoms with E-state index in [2.05, 4.69) is 26.1 Å². The zero-order valence-electron chi connectivity index (χ0n) is 21.6. The summed E-state index contributed by atoms with van der Waals surface area (Å²) in [6.07, 6.45) is 10.4. The molecule has 0 spiro atoms. The summed E-state index contributed by atoms with van der Waals surface area (Å²) < 4.78 is 19.0. The Morgan fingerprint density at radius 2 is 2.10 bits per heavy atom. The van der Waals surface area contributed by atoms with Crippen LogP contribution in [-0.4, -0.2) is 40.6 Å². The molecule has 2 aliphatic heterocycles. The molecule has 1 aromatic carbocycles. The maximum absolute atomic E-state index is 14.0. The summed E-state index contributed by atoms with van der Waals surface area (Å²) in [7, 11) is 1.86. The van der Waals surface area contributed by atoms with Crippen molar-refractivity contribution in [3.05, 3.63) is 94.4 Å². The largest absolute Gasteiger partial charge is 0.359 e. The summed E-state index contributed by atoms with van der Waals surface area (Å²) in [5.74, 6) is 2.34. The van der Waals surface area contributed by atoms with Crippen molar-refractivity contribution in [1.82, 2.24) is 24.8 Å². The van der Waals surface area contributed by atoms with Gasteiger partial charge in [-0.15, -0.1) is 0 Å². The number of fused-ring (bicyclic) bond motifs is 1.